The lowest BCUT2D eigenvalue weighted by atomic mass is 9.89. The normalized spacial score (nSPS) is 22.6. The summed E-state index contributed by atoms with van der Waals surface area (Å²) in [5, 5.41) is 0. The molecule has 0 amide bonds. The zero-order chi connectivity index (χ0) is 13.5. The largest absolute Gasteiger partial charge is 0.374 e. The first kappa shape index (κ1) is 14.1. The highest BCUT2D eigenvalue weighted by Crippen LogP contribution is 2.26. The minimum atomic E-state index is 0.403. The van der Waals surface area contributed by atoms with Crippen LogP contribution in [0.5, 0.6) is 0 Å². The van der Waals surface area contributed by atoms with Crippen LogP contribution in [0.3, 0.4) is 0 Å². The molecule has 1 aliphatic rings. The average Bonchev–Trinajstić information content (AvgIpc) is 2.43. The van der Waals surface area contributed by atoms with Crippen LogP contribution in [0.15, 0.2) is 24.3 Å². The van der Waals surface area contributed by atoms with Crippen molar-refractivity contribution >= 4 is 0 Å². The van der Waals surface area contributed by atoms with E-state index in [-0.39, 0.29) is 0 Å². The Labute approximate surface area is 116 Å². The highest BCUT2D eigenvalue weighted by Gasteiger charge is 2.19. The van der Waals surface area contributed by atoms with Crippen LogP contribution < -0.4 is 5.73 Å². The fourth-order valence-electron chi connectivity index (χ4n) is 2.64. The summed E-state index contributed by atoms with van der Waals surface area (Å²) in [4.78, 5) is 0. The molecule has 2 rings (SSSR count). The van der Waals surface area contributed by atoms with E-state index in [1.807, 2.05) is 12.1 Å². The standard InChI is InChI=1S/C17H23NO/c1-14-5-2-9-17(11-14)19-13-16-7-3-6-15(12-16)8-4-10-18/h3,6-7,12,14,17H,2,5,9-11,13,18H2,1H3. The second-order valence-corrected chi connectivity index (χ2v) is 5.41. The van der Waals surface area contributed by atoms with Gasteiger partial charge in [0.05, 0.1) is 19.3 Å². The van der Waals surface area contributed by atoms with Crippen molar-refractivity contribution in [1.82, 2.24) is 0 Å². The molecule has 0 aliphatic heterocycles. The van der Waals surface area contributed by atoms with E-state index in [4.69, 9.17) is 10.5 Å². The van der Waals surface area contributed by atoms with Gasteiger partial charge in [0.15, 0.2) is 0 Å². The van der Waals surface area contributed by atoms with E-state index in [2.05, 4.69) is 30.9 Å². The number of hydrogen-bond donors (Lipinski definition) is 1. The Kier molecular flexibility index (Phi) is 5.44. The lowest BCUT2D eigenvalue weighted by molar-refractivity contribution is 0.00466. The maximum atomic E-state index is 6.03. The lowest BCUT2D eigenvalue weighted by Crippen LogP contribution is -2.21. The van der Waals surface area contributed by atoms with Gasteiger partial charge in [-0.1, -0.05) is 43.7 Å². The molecule has 2 nitrogen and oxygen atoms in total. The monoisotopic (exact) mass is 257 g/mol. The van der Waals surface area contributed by atoms with Gasteiger partial charge in [-0.15, -0.1) is 0 Å². The maximum absolute atomic E-state index is 6.03. The molecular weight excluding hydrogens is 234 g/mol. The fourth-order valence-corrected chi connectivity index (χ4v) is 2.64. The first-order valence-electron chi connectivity index (χ1n) is 7.17. The predicted molar refractivity (Wildman–Crippen MR) is 78.6 cm³/mol. The molecule has 2 atom stereocenters. The van der Waals surface area contributed by atoms with E-state index in [0.29, 0.717) is 19.3 Å². The topological polar surface area (TPSA) is 35.2 Å². The summed E-state index contributed by atoms with van der Waals surface area (Å²) in [5.41, 5.74) is 7.60. The number of nitrogens with two attached hydrogens (primary N) is 1. The third kappa shape index (κ3) is 4.70. The van der Waals surface area contributed by atoms with Gasteiger partial charge in [-0.2, -0.15) is 0 Å². The van der Waals surface area contributed by atoms with Crippen LogP contribution in [0.2, 0.25) is 0 Å². The van der Waals surface area contributed by atoms with Gasteiger partial charge in [-0.25, -0.2) is 0 Å². The summed E-state index contributed by atoms with van der Waals surface area (Å²) in [6.45, 7) is 3.41. The number of rotatable bonds is 3. The van der Waals surface area contributed by atoms with Crippen molar-refractivity contribution in [2.24, 2.45) is 11.7 Å². The molecule has 0 bridgehead atoms. The van der Waals surface area contributed by atoms with Gasteiger partial charge in [-0.3, -0.25) is 0 Å². The summed E-state index contributed by atoms with van der Waals surface area (Å²) in [5.74, 6) is 6.75. The zero-order valence-electron chi connectivity index (χ0n) is 11.7. The summed E-state index contributed by atoms with van der Waals surface area (Å²) in [6, 6.07) is 8.23. The second kappa shape index (κ2) is 7.33. The molecule has 1 saturated carbocycles. The first-order valence-corrected chi connectivity index (χ1v) is 7.17. The van der Waals surface area contributed by atoms with Gasteiger partial charge in [0, 0.05) is 5.56 Å². The molecule has 1 fully saturated rings. The lowest BCUT2D eigenvalue weighted by Gasteiger charge is -2.26. The van der Waals surface area contributed by atoms with E-state index in [1.165, 1.54) is 31.2 Å². The second-order valence-electron chi connectivity index (χ2n) is 5.41. The van der Waals surface area contributed by atoms with E-state index in [1.54, 1.807) is 0 Å². The van der Waals surface area contributed by atoms with Crippen molar-refractivity contribution in [3.05, 3.63) is 35.4 Å². The Balaban J connectivity index is 1.88. The minimum absolute atomic E-state index is 0.403. The van der Waals surface area contributed by atoms with Crippen LogP contribution in [0, 0.1) is 17.8 Å². The smallest absolute Gasteiger partial charge is 0.0721 e. The fraction of sp³-hybridized carbons (Fsp3) is 0.529. The van der Waals surface area contributed by atoms with Gasteiger partial charge in [0.2, 0.25) is 0 Å². The van der Waals surface area contributed by atoms with Crippen molar-refractivity contribution in [1.29, 1.82) is 0 Å². The Morgan fingerprint density at radius 2 is 2.26 bits per heavy atom. The summed E-state index contributed by atoms with van der Waals surface area (Å²) in [6.07, 6.45) is 5.49. The Morgan fingerprint density at radius 3 is 3.05 bits per heavy atom. The van der Waals surface area contributed by atoms with Crippen LogP contribution in [0.1, 0.15) is 43.7 Å². The SMILES string of the molecule is CC1CCCC(OCc2cccc(C#CCN)c2)C1. The highest BCUT2D eigenvalue weighted by molar-refractivity contribution is 5.37. The van der Waals surface area contributed by atoms with Crippen molar-refractivity contribution in [3.63, 3.8) is 0 Å². The van der Waals surface area contributed by atoms with Crippen LogP contribution in [0.25, 0.3) is 0 Å². The first-order chi connectivity index (χ1) is 9.28. The van der Waals surface area contributed by atoms with E-state index >= 15 is 0 Å². The molecular formula is C17H23NO. The van der Waals surface area contributed by atoms with Crippen molar-refractivity contribution in [2.45, 2.75) is 45.3 Å². The minimum Gasteiger partial charge on any atom is -0.374 e. The summed E-state index contributed by atoms with van der Waals surface area (Å²) < 4.78 is 6.03. The van der Waals surface area contributed by atoms with Crippen LogP contribution in [-0.2, 0) is 11.3 Å². The third-order valence-electron chi connectivity index (χ3n) is 3.64. The molecule has 1 aromatic rings. The quantitative estimate of drug-likeness (QED) is 0.845. The van der Waals surface area contributed by atoms with Crippen LogP contribution >= 0.6 is 0 Å². The number of benzene rings is 1. The van der Waals surface area contributed by atoms with Crippen LogP contribution in [-0.4, -0.2) is 12.6 Å². The molecule has 2 unspecified atom stereocenters. The number of hydrogen-bond acceptors (Lipinski definition) is 2. The van der Waals surface area contributed by atoms with Crippen molar-refractivity contribution in [3.8, 4) is 11.8 Å². The molecule has 0 aromatic heterocycles. The average molecular weight is 257 g/mol. The molecule has 19 heavy (non-hydrogen) atoms. The van der Waals surface area contributed by atoms with Crippen molar-refractivity contribution in [2.75, 3.05) is 6.54 Å². The maximum Gasteiger partial charge on any atom is 0.0721 e. The van der Waals surface area contributed by atoms with Crippen LogP contribution in [0.4, 0.5) is 0 Å². The molecule has 2 heteroatoms. The van der Waals surface area contributed by atoms with Crippen molar-refractivity contribution < 1.29 is 4.74 Å². The molecule has 2 N–H and O–H groups in total. The van der Waals surface area contributed by atoms with Gasteiger partial charge >= 0.3 is 0 Å². The molecule has 1 aromatic carbocycles. The molecule has 0 radical (unpaired) electrons. The molecule has 0 saturated heterocycles. The van der Waals surface area contributed by atoms with Gasteiger partial charge < -0.3 is 10.5 Å². The Morgan fingerprint density at radius 1 is 1.37 bits per heavy atom. The van der Waals surface area contributed by atoms with E-state index in [0.717, 1.165) is 11.5 Å². The molecule has 1 aliphatic carbocycles. The Bertz CT molecular complexity index is 458. The number of ether oxygens (including phenoxy) is 1. The molecule has 0 heterocycles. The Hall–Kier alpha value is -1.30. The molecule has 102 valence electrons. The van der Waals surface area contributed by atoms with Gasteiger partial charge in [0.1, 0.15) is 0 Å². The third-order valence-corrected chi connectivity index (χ3v) is 3.64. The molecule has 0 spiro atoms. The highest BCUT2D eigenvalue weighted by atomic mass is 16.5. The summed E-state index contributed by atoms with van der Waals surface area (Å²) in [7, 11) is 0. The predicted octanol–water partition coefficient (Wildman–Crippen LogP) is 3.09. The van der Waals surface area contributed by atoms with Gasteiger partial charge in [-0.05, 0) is 36.5 Å². The van der Waals surface area contributed by atoms with E-state index < -0.39 is 0 Å². The van der Waals surface area contributed by atoms with Gasteiger partial charge in [0.25, 0.3) is 0 Å². The zero-order valence-corrected chi connectivity index (χ0v) is 11.7. The summed E-state index contributed by atoms with van der Waals surface area (Å²) >= 11 is 0. The van der Waals surface area contributed by atoms with E-state index in [9.17, 15) is 0 Å².